The third-order valence-electron chi connectivity index (χ3n) is 8.00. The summed E-state index contributed by atoms with van der Waals surface area (Å²) in [7, 11) is 2.95. The van der Waals surface area contributed by atoms with Gasteiger partial charge in [-0.25, -0.2) is 4.79 Å². The van der Waals surface area contributed by atoms with Crippen molar-refractivity contribution in [2.45, 2.75) is 103 Å². The number of nitrogens with one attached hydrogen (secondary N) is 2. The van der Waals surface area contributed by atoms with E-state index in [1.165, 1.54) is 33.7 Å². The zero-order chi connectivity index (χ0) is 32.2. The van der Waals surface area contributed by atoms with E-state index >= 15 is 0 Å². The molecule has 0 aromatic heterocycles. The number of aromatic amines is 1. The van der Waals surface area contributed by atoms with Crippen molar-refractivity contribution in [1.82, 2.24) is 4.98 Å². The number of unbranched alkanes of at least 4 members (excludes halogenated alkanes) is 4. The standard InChI is InChI=1S/C31H46N2O9S2/c1-4-22(34)18(2)11-10-12-20-16-42-29(28(39)27(20)38)26(37)19(3)15-24(36)41-14-9-7-5-6-8-13-23(35)33-25-30-21(17-43-44-30)32-31(25)40/h10-11,15,17-18,20,22,26-29,34,37-39H,4-9,12-14,16H2,1-3H3,(H,32,40)(H,33,35). The third kappa shape index (κ3) is 10.3. The maximum absolute atomic E-state index is 12.3. The number of anilines is 1. The van der Waals surface area contributed by atoms with Crippen LogP contribution in [0.25, 0.3) is 10.6 Å². The SMILES string of the molecule is CCC(O)C(C)C=CCC1COC(C(O)C(C)=CC(=O)OCCCCCCCC(=O)Nc2c3sscc-3[nH]c2=O)C(O)C1O. The Morgan fingerprint density at radius 1 is 1.18 bits per heavy atom. The van der Waals surface area contributed by atoms with E-state index in [-0.39, 0.29) is 42.1 Å². The van der Waals surface area contributed by atoms with Crippen LogP contribution in [0.4, 0.5) is 5.69 Å². The van der Waals surface area contributed by atoms with E-state index in [1.807, 2.05) is 31.4 Å². The molecule has 3 heterocycles. The largest absolute Gasteiger partial charge is 0.463 e. The number of esters is 1. The predicted molar refractivity (Wildman–Crippen MR) is 171 cm³/mol. The number of carbonyl (C=O) groups excluding carboxylic acids is 2. The van der Waals surface area contributed by atoms with E-state index in [9.17, 15) is 34.8 Å². The molecule has 0 aromatic rings. The molecule has 3 aliphatic heterocycles. The summed E-state index contributed by atoms with van der Waals surface area (Å²) in [6.07, 6.45) is 4.90. The topological polar surface area (TPSA) is 178 Å². The fourth-order valence-corrected chi connectivity index (χ4v) is 7.27. The molecular formula is C31H46N2O9S2. The molecule has 246 valence electrons. The first kappa shape index (κ1) is 36.1. The third-order valence-corrected chi connectivity index (χ3v) is 10.1. The molecule has 1 amide bonds. The van der Waals surface area contributed by atoms with E-state index in [0.717, 1.165) is 29.8 Å². The summed E-state index contributed by atoms with van der Waals surface area (Å²) in [5.41, 5.74) is 1.04. The van der Waals surface area contributed by atoms with E-state index in [0.29, 0.717) is 37.8 Å². The molecule has 3 rings (SSSR count). The Morgan fingerprint density at radius 2 is 1.91 bits per heavy atom. The van der Waals surface area contributed by atoms with Gasteiger partial charge in [0.1, 0.15) is 24.0 Å². The molecule has 0 bridgehead atoms. The average molecular weight is 655 g/mol. The molecule has 6 N–H and O–H groups in total. The zero-order valence-electron chi connectivity index (χ0n) is 25.6. The number of aliphatic hydroxyl groups is 4. The van der Waals surface area contributed by atoms with E-state index in [4.69, 9.17) is 9.47 Å². The number of fused-ring (bicyclic) bond motifs is 1. The average Bonchev–Trinajstić information content (AvgIpc) is 3.57. The second-order valence-electron chi connectivity index (χ2n) is 11.5. The van der Waals surface area contributed by atoms with E-state index in [2.05, 4.69) is 10.3 Å². The Balaban J connectivity index is 1.29. The van der Waals surface area contributed by atoms with Crippen molar-refractivity contribution < 1.29 is 39.5 Å². The van der Waals surface area contributed by atoms with Crippen LogP contribution in [0, 0.1) is 11.8 Å². The van der Waals surface area contributed by atoms with Gasteiger partial charge in [0.2, 0.25) is 5.91 Å². The van der Waals surface area contributed by atoms with Gasteiger partial charge in [-0.1, -0.05) is 65.9 Å². The summed E-state index contributed by atoms with van der Waals surface area (Å²) < 4.78 is 10.9. The Labute approximate surface area is 265 Å². The number of H-pyrrole nitrogens is 1. The quantitative estimate of drug-likeness (QED) is 0.0486. The highest BCUT2D eigenvalue weighted by Gasteiger charge is 2.41. The molecule has 0 aliphatic carbocycles. The highest BCUT2D eigenvalue weighted by Crippen LogP contribution is 2.35. The van der Waals surface area contributed by atoms with Crippen LogP contribution >= 0.6 is 20.7 Å². The van der Waals surface area contributed by atoms with Crippen molar-refractivity contribution in [3.8, 4) is 10.6 Å². The molecule has 0 aromatic carbocycles. The summed E-state index contributed by atoms with van der Waals surface area (Å²) in [5.74, 6) is -1.19. The lowest BCUT2D eigenvalue weighted by Crippen LogP contribution is -2.54. The number of ether oxygens (including phenoxy) is 2. The highest BCUT2D eigenvalue weighted by molar-refractivity contribution is 7.70. The molecule has 44 heavy (non-hydrogen) atoms. The monoisotopic (exact) mass is 654 g/mol. The van der Waals surface area contributed by atoms with Crippen molar-refractivity contribution in [2.24, 2.45) is 11.8 Å². The minimum Gasteiger partial charge on any atom is -0.463 e. The summed E-state index contributed by atoms with van der Waals surface area (Å²) in [6, 6.07) is 0. The summed E-state index contributed by atoms with van der Waals surface area (Å²) in [6.45, 7) is 5.69. The van der Waals surface area contributed by atoms with Crippen LogP contribution in [0.2, 0.25) is 0 Å². The Hall–Kier alpha value is -2.39. The van der Waals surface area contributed by atoms with Crippen molar-refractivity contribution in [3.05, 3.63) is 39.5 Å². The molecular weight excluding hydrogens is 608 g/mol. The predicted octanol–water partition coefficient (Wildman–Crippen LogP) is 3.82. The van der Waals surface area contributed by atoms with Crippen molar-refractivity contribution in [1.29, 1.82) is 0 Å². The number of allylic oxidation sites excluding steroid dienone is 1. The molecule has 11 nitrogen and oxygen atoms in total. The molecule has 7 unspecified atom stereocenters. The van der Waals surface area contributed by atoms with Crippen LogP contribution in [-0.4, -0.2) is 81.0 Å². The Kier molecular flexibility index (Phi) is 14.7. The molecule has 0 saturated carbocycles. The van der Waals surface area contributed by atoms with Crippen molar-refractivity contribution in [2.75, 3.05) is 18.5 Å². The second kappa shape index (κ2) is 17.9. The van der Waals surface area contributed by atoms with Gasteiger partial charge < -0.3 is 40.2 Å². The van der Waals surface area contributed by atoms with Gasteiger partial charge in [0.25, 0.3) is 5.56 Å². The van der Waals surface area contributed by atoms with Crippen molar-refractivity contribution in [3.63, 3.8) is 0 Å². The van der Waals surface area contributed by atoms with Crippen LogP contribution in [0.5, 0.6) is 0 Å². The lowest BCUT2D eigenvalue weighted by molar-refractivity contribution is -0.187. The van der Waals surface area contributed by atoms with Gasteiger partial charge in [-0.2, -0.15) is 0 Å². The summed E-state index contributed by atoms with van der Waals surface area (Å²) in [4.78, 5) is 40.0. The fourth-order valence-electron chi connectivity index (χ4n) is 5.11. The zero-order valence-corrected chi connectivity index (χ0v) is 27.2. The first-order valence-electron chi connectivity index (χ1n) is 15.3. The molecule has 3 aliphatic rings. The van der Waals surface area contributed by atoms with Crippen LogP contribution < -0.4 is 10.9 Å². The normalized spacial score (nSPS) is 23.1. The van der Waals surface area contributed by atoms with Crippen LogP contribution in [0.1, 0.15) is 72.1 Å². The van der Waals surface area contributed by atoms with Gasteiger partial charge in [0.15, 0.2) is 0 Å². The lowest BCUT2D eigenvalue weighted by Gasteiger charge is -2.39. The van der Waals surface area contributed by atoms with E-state index < -0.39 is 36.5 Å². The van der Waals surface area contributed by atoms with Gasteiger partial charge in [-0.15, -0.1) is 0 Å². The maximum Gasteiger partial charge on any atom is 0.330 e. The molecule has 1 fully saturated rings. The summed E-state index contributed by atoms with van der Waals surface area (Å²) >= 11 is 0. The van der Waals surface area contributed by atoms with E-state index in [1.54, 1.807) is 0 Å². The maximum atomic E-state index is 12.3. The van der Waals surface area contributed by atoms with Gasteiger partial charge in [-0.05, 0) is 44.1 Å². The van der Waals surface area contributed by atoms with Gasteiger partial charge in [-0.3, -0.25) is 9.59 Å². The molecule has 13 heteroatoms. The number of aromatic nitrogens is 1. The molecule has 7 atom stereocenters. The number of aliphatic hydroxyl groups excluding tert-OH is 4. The number of amides is 1. The number of carbonyl (C=O) groups is 2. The minimum atomic E-state index is -1.34. The van der Waals surface area contributed by atoms with Crippen LogP contribution in [0.3, 0.4) is 0 Å². The van der Waals surface area contributed by atoms with Gasteiger partial charge >= 0.3 is 5.97 Å². The van der Waals surface area contributed by atoms with Gasteiger partial charge in [0, 0.05) is 23.8 Å². The first-order chi connectivity index (χ1) is 21.0. The summed E-state index contributed by atoms with van der Waals surface area (Å²) in [5, 5.41) is 46.4. The Bertz CT molecular complexity index is 1270. The smallest absolute Gasteiger partial charge is 0.330 e. The Morgan fingerprint density at radius 3 is 2.66 bits per heavy atom. The molecule has 1 saturated heterocycles. The molecule has 0 radical (unpaired) electrons. The van der Waals surface area contributed by atoms with Crippen LogP contribution in [-0.2, 0) is 19.1 Å². The molecule has 0 spiro atoms. The highest BCUT2D eigenvalue weighted by atomic mass is 32.9. The van der Waals surface area contributed by atoms with Crippen LogP contribution in [0.15, 0.2) is 34.0 Å². The lowest BCUT2D eigenvalue weighted by atomic mass is 9.86. The first-order valence-corrected chi connectivity index (χ1v) is 17.5. The minimum absolute atomic E-state index is 0.0247. The van der Waals surface area contributed by atoms with Gasteiger partial charge in [0.05, 0.1) is 36.0 Å². The number of hydrogen-bond donors (Lipinski definition) is 6. The number of rotatable bonds is 17. The van der Waals surface area contributed by atoms with Crippen molar-refractivity contribution >= 4 is 38.2 Å². The fraction of sp³-hybridized carbons (Fsp3) is 0.645. The second-order valence-corrected chi connectivity index (χ2v) is 13.6. The number of hydrogen-bond acceptors (Lipinski definition) is 11.